The van der Waals surface area contributed by atoms with E-state index in [0.717, 1.165) is 23.5 Å². The minimum atomic E-state index is 0.0785. The molecular formula is C12H21N3OS. The number of nitrogens with one attached hydrogen (secondary N) is 1. The highest BCUT2D eigenvalue weighted by Gasteiger charge is 2.06. The Labute approximate surface area is 107 Å². The Hall–Kier alpha value is -0.940. The van der Waals surface area contributed by atoms with Crippen LogP contribution in [0.3, 0.4) is 0 Å². The van der Waals surface area contributed by atoms with E-state index in [0.29, 0.717) is 25.4 Å². The molecule has 0 aliphatic heterocycles. The van der Waals surface area contributed by atoms with E-state index in [4.69, 9.17) is 5.73 Å². The van der Waals surface area contributed by atoms with Crippen LogP contribution in [0.5, 0.6) is 0 Å². The maximum atomic E-state index is 11.3. The van der Waals surface area contributed by atoms with Crippen molar-refractivity contribution in [1.29, 1.82) is 0 Å². The van der Waals surface area contributed by atoms with E-state index in [2.05, 4.69) is 29.5 Å². The fourth-order valence-corrected chi connectivity index (χ4v) is 2.25. The van der Waals surface area contributed by atoms with E-state index in [1.807, 2.05) is 0 Å². The van der Waals surface area contributed by atoms with Crippen LogP contribution in [0.25, 0.3) is 0 Å². The van der Waals surface area contributed by atoms with Crippen LogP contribution >= 0.6 is 11.3 Å². The summed E-state index contributed by atoms with van der Waals surface area (Å²) in [7, 11) is 0. The maximum Gasteiger partial charge on any atom is 0.220 e. The molecule has 0 saturated carbocycles. The first-order valence-corrected chi connectivity index (χ1v) is 6.92. The van der Waals surface area contributed by atoms with Gasteiger partial charge in [0.15, 0.2) is 0 Å². The maximum absolute atomic E-state index is 11.3. The molecule has 0 aliphatic carbocycles. The third-order valence-corrected chi connectivity index (χ3v) is 3.57. The van der Waals surface area contributed by atoms with E-state index in [1.54, 1.807) is 11.3 Å². The summed E-state index contributed by atoms with van der Waals surface area (Å²) in [5.41, 5.74) is 6.41. The van der Waals surface area contributed by atoms with Gasteiger partial charge in [0.05, 0.1) is 10.7 Å². The molecule has 4 nitrogen and oxygen atoms in total. The predicted molar refractivity (Wildman–Crippen MR) is 71.2 cm³/mol. The molecule has 0 spiro atoms. The summed E-state index contributed by atoms with van der Waals surface area (Å²) in [6.45, 7) is 5.50. The lowest BCUT2D eigenvalue weighted by atomic mass is 10.2. The molecule has 1 rings (SSSR count). The molecule has 0 saturated heterocycles. The van der Waals surface area contributed by atoms with Crippen molar-refractivity contribution in [3.8, 4) is 0 Å². The summed E-state index contributed by atoms with van der Waals surface area (Å²) in [4.78, 5) is 15.8. The van der Waals surface area contributed by atoms with Crippen molar-refractivity contribution in [3.05, 3.63) is 16.1 Å². The van der Waals surface area contributed by atoms with E-state index in [9.17, 15) is 4.79 Å². The molecule has 1 heterocycles. The number of aromatic nitrogens is 1. The molecule has 0 unspecified atom stereocenters. The highest BCUT2D eigenvalue weighted by Crippen LogP contribution is 2.19. The molecule has 1 amide bonds. The van der Waals surface area contributed by atoms with Crippen molar-refractivity contribution in [2.24, 2.45) is 5.73 Å². The van der Waals surface area contributed by atoms with Gasteiger partial charge in [-0.2, -0.15) is 0 Å². The average molecular weight is 255 g/mol. The SMILES string of the molecule is CC(C)c1nc(CCNC(=O)CCCN)cs1. The molecular weight excluding hydrogens is 234 g/mol. The lowest BCUT2D eigenvalue weighted by Gasteiger charge is -2.03. The van der Waals surface area contributed by atoms with Crippen molar-refractivity contribution < 1.29 is 4.79 Å². The van der Waals surface area contributed by atoms with Gasteiger partial charge in [-0.05, 0) is 13.0 Å². The molecule has 0 aliphatic rings. The van der Waals surface area contributed by atoms with Crippen LogP contribution in [0.2, 0.25) is 0 Å². The van der Waals surface area contributed by atoms with E-state index < -0.39 is 0 Å². The molecule has 0 radical (unpaired) electrons. The Morgan fingerprint density at radius 2 is 2.35 bits per heavy atom. The molecule has 17 heavy (non-hydrogen) atoms. The number of hydrogen-bond donors (Lipinski definition) is 2. The third-order valence-electron chi connectivity index (χ3n) is 2.37. The van der Waals surface area contributed by atoms with Crippen LogP contribution in [-0.4, -0.2) is 24.0 Å². The Bertz CT molecular complexity index is 349. The van der Waals surface area contributed by atoms with Crippen LogP contribution in [0.15, 0.2) is 5.38 Å². The van der Waals surface area contributed by atoms with Crippen LogP contribution < -0.4 is 11.1 Å². The number of nitrogens with two attached hydrogens (primary N) is 1. The minimum Gasteiger partial charge on any atom is -0.356 e. The van der Waals surface area contributed by atoms with Gasteiger partial charge in [0.25, 0.3) is 0 Å². The van der Waals surface area contributed by atoms with Gasteiger partial charge in [-0.25, -0.2) is 4.98 Å². The minimum absolute atomic E-state index is 0.0785. The molecule has 0 fully saturated rings. The zero-order chi connectivity index (χ0) is 12.7. The summed E-state index contributed by atoms with van der Waals surface area (Å²) in [5, 5.41) is 6.11. The van der Waals surface area contributed by atoms with Gasteiger partial charge >= 0.3 is 0 Å². The topological polar surface area (TPSA) is 68.0 Å². The zero-order valence-corrected chi connectivity index (χ0v) is 11.3. The number of carbonyl (C=O) groups is 1. The number of nitrogens with zero attached hydrogens (tertiary/aromatic N) is 1. The van der Waals surface area contributed by atoms with Crippen molar-refractivity contribution in [2.45, 2.75) is 39.0 Å². The molecule has 0 bridgehead atoms. The second-order valence-electron chi connectivity index (χ2n) is 4.32. The fraction of sp³-hybridized carbons (Fsp3) is 0.667. The monoisotopic (exact) mass is 255 g/mol. The van der Waals surface area contributed by atoms with Crippen molar-refractivity contribution in [1.82, 2.24) is 10.3 Å². The smallest absolute Gasteiger partial charge is 0.220 e. The number of hydrogen-bond acceptors (Lipinski definition) is 4. The molecule has 0 atom stereocenters. The first-order chi connectivity index (χ1) is 8.13. The number of rotatable bonds is 7. The van der Waals surface area contributed by atoms with Gasteiger partial charge in [-0.1, -0.05) is 13.8 Å². The standard InChI is InChI=1S/C12H21N3OS/c1-9(2)12-15-10(8-17-12)5-7-14-11(16)4-3-6-13/h8-9H,3-7,13H2,1-2H3,(H,14,16). The van der Waals surface area contributed by atoms with Crippen LogP contribution in [0.4, 0.5) is 0 Å². The molecule has 5 heteroatoms. The van der Waals surface area contributed by atoms with E-state index in [-0.39, 0.29) is 5.91 Å². The zero-order valence-electron chi connectivity index (χ0n) is 10.5. The summed E-state index contributed by atoms with van der Waals surface area (Å²) in [6.07, 6.45) is 2.07. The first kappa shape index (κ1) is 14.1. The molecule has 96 valence electrons. The summed E-state index contributed by atoms with van der Waals surface area (Å²) in [5.74, 6) is 0.558. The summed E-state index contributed by atoms with van der Waals surface area (Å²) >= 11 is 1.69. The van der Waals surface area contributed by atoms with Gasteiger partial charge in [0.1, 0.15) is 0 Å². The van der Waals surface area contributed by atoms with Gasteiger partial charge in [0.2, 0.25) is 5.91 Å². The van der Waals surface area contributed by atoms with E-state index in [1.165, 1.54) is 0 Å². The predicted octanol–water partition coefficient (Wildman–Crippen LogP) is 1.66. The largest absolute Gasteiger partial charge is 0.356 e. The van der Waals surface area contributed by atoms with Crippen molar-refractivity contribution in [2.75, 3.05) is 13.1 Å². The summed E-state index contributed by atoms with van der Waals surface area (Å²) in [6, 6.07) is 0. The Balaban J connectivity index is 2.23. The highest BCUT2D eigenvalue weighted by atomic mass is 32.1. The fourth-order valence-electron chi connectivity index (χ4n) is 1.38. The van der Waals surface area contributed by atoms with Crippen molar-refractivity contribution >= 4 is 17.2 Å². The van der Waals surface area contributed by atoms with Gasteiger partial charge in [0, 0.05) is 30.7 Å². The lowest BCUT2D eigenvalue weighted by molar-refractivity contribution is -0.121. The van der Waals surface area contributed by atoms with Crippen LogP contribution in [-0.2, 0) is 11.2 Å². The van der Waals surface area contributed by atoms with Gasteiger partial charge in [-0.15, -0.1) is 11.3 Å². The average Bonchev–Trinajstić information content (AvgIpc) is 2.75. The Morgan fingerprint density at radius 3 is 2.94 bits per heavy atom. The number of thiazole rings is 1. The highest BCUT2D eigenvalue weighted by molar-refractivity contribution is 7.09. The Morgan fingerprint density at radius 1 is 1.59 bits per heavy atom. The second-order valence-corrected chi connectivity index (χ2v) is 5.21. The number of carbonyl (C=O) groups excluding carboxylic acids is 1. The molecule has 0 aromatic carbocycles. The van der Waals surface area contributed by atoms with Crippen LogP contribution in [0, 0.1) is 0 Å². The first-order valence-electron chi connectivity index (χ1n) is 6.04. The third kappa shape index (κ3) is 5.28. The van der Waals surface area contributed by atoms with E-state index >= 15 is 0 Å². The normalized spacial score (nSPS) is 10.8. The van der Waals surface area contributed by atoms with Gasteiger partial charge in [-0.3, -0.25) is 4.79 Å². The molecule has 3 N–H and O–H groups in total. The van der Waals surface area contributed by atoms with Crippen molar-refractivity contribution in [3.63, 3.8) is 0 Å². The Kier molecular flexibility index (Phi) is 6.15. The molecule has 1 aromatic heterocycles. The summed E-state index contributed by atoms with van der Waals surface area (Å²) < 4.78 is 0. The van der Waals surface area contributed by atoms with Gasteiger partial charge < -0.3 is 11.1 Å². The van der Waals surface area contributed by atoms with Crippen LogP contribution in [0.1, 0.15) is 43.3 Å². The molecule has 1 aromatic rings. The lowest BCUT2D eigenvalue weighted by Crippen LogP contribution is -2.26. The second kappa shape index (κ2) is 7.40. The number of amides is 1. The quantitative estimate of drug-likeness (QED) is 0.778.